The average molecular weight is 316 g/mol. The Hall–Kier alpha value is -0.970. The smallest absolute Gasteiger partial charge is 0.179 e. The molecule has 0 atom stereocenters. The summed E-state index contributed by atoms with van der Waals surface area (Å²) < 4.78 is 16.5. The molecule has 0 saturated carbocycles. The van der Waals surface area contributed by atoms with Gasteiger partial charge in [0.1, 0.15) is 0 Å². The van der Waals surface area contributed by atoms with Gasteiger partial charge in [0.25, 0.3) is 0 Å². The molecule has 0 aliphatic rings. The van der Waals surface area contributed by atoms with Crippen molar-refractivity contribution in [2.45, 2.75) is 33.7 Å². The Morgan fingerprint density at radius 1 is 1.05 bits per heavy atom. The molecule has 0 aliphatic carbocycles. The molecule has 0 aromatic heterocycles. The van der Waals surface area contributed by atoms with Crippen LogP contribution in [0.1, 0.15) is 32.8 Å². The summed E-state index contributed by atoms with van der Waals surface area (Å²) >= 11 is 6.28. The van der Waals surface area contributed by atoms with Crippen molar-refractivity contribution in [2.24, 2.45) is 0 Å². The van der Waals surface area contributed by atoms with Gasteiger partial charge < -0.3 is 19.5 Å². The van der Waals surface area contributed by atoms with Gasteiger partial charge in [-0.25, -0.2) is 0 Å². The zero-order valence-corrected chi connectivity index (χ0v) is 14.0. The Balaban J connectivity index is 2.58. The summed E-state index contributed by atoms with van der Waals surface area (Å²) in [6, 6.07) is 3.90. The molecular formula is C16H26ClNO3. The quantitative estimate of drug-likeness (QED) is 0.633. The van der Waals surface area contributed by atoms with E-state index in [1.165, 1.54) is 0 Å². The first kappa shape index (κ1) is 18.1. The molecule has 0 radical (unpaired) electrons. The van der Waals surface area contributed by atoms with Crippen LogP contribution in [0, 0.1) is 0 Å². The molecule has 0 amide bonds. The molecule has 0 bridgehead atoms. The van der Waals surface area contributed by atoms with Crippen LogP contribution < -0.4 is 14.8 Å². The zero-order chi connectivity index (χ0) is 15.5. The summed E-state index contributed by atoms with van der Waals surface area (Å²) in [6.07, 6.45) is 0.997. The minimum absolute atomic E-state index is 0.564. The van der Waals surface area contributed by atoms with Gasteiger partial charge in [0, 0.05) is 19.8 Å². The second-order valence-electron chi connectivity index (χ2n) is 4.50. The molecule has 0 unspecified atom stereocenters. The molecule has 0 aliphatic heterocycles. The van der Waals surface area contributed by atoms with Gasteiger partial charge in [-0.1, -0.05) is 11.6 Å². The van der Waals surface area contributed by atoms with E-state index in [1.807, 2.05) is 32.9 Å². The lowest BCUT2D eigenvalue weighted by Crippen LogP contribution is -2.16. The predicted molar refractivity (Wildman–Crippen MR) is 86.6 cm³/mol. The highest BCUT2D eigenvalue weighted by atomic mass is 35.5. The van der Waals surface area contributed by atoms with Gasteiger partial charge in [-0.2, -0.15) is 0 Å². The number of benzene rings is 1. The van der Waals surface area contributed by atoms with Crippen molar-refractivity contribution >= 4 is 11.6 Å². The van der Waals surface area contributed by atoms with Crippen LogP contribution in [0.2, 0.25) is 5.02 Å². The van der Waals surface area contributed by atoms with Crippen LogP contribution >= 0.6 is 11.6 Å². The van der Waals surface area contributed by atoms with E-state index in [-0.39, 0.29) is 0 Å². The molecule has 120 valence electrons. The van der Waals surface area contributed by atoms with E-state index in [4.69, 9.17) is 25.8 Å². The van der Waals surface area contributed by atoms with Gasteiger partial charge in [0.2, 0.25) is 0 Å². The molecule has 1 N–H and O–H groups in total. The van der Waals surface area contributed by atoms with Crippen molar-refractivity contribution in [3.63, 3.8) is 0 Å². The standard InChI is InChI=1S/C16H26ClNO3/c1-4-19-9-7-8-18-12-13-10-14(17)16(21-6-3)15(11-13)20-5-2/h10-11,18H,4-9,12H2,1-3H3. The Kier molecular flexibility index (Phi) is 9.22. The lowest BCUT2D eigenvalue weighted by atomic mass is 10.2. The van der Waals surface area contributed by atoms with Crippen LogP contribution in [-0.4, -0.2) is 33.0 Å². The summed E-state index contributed by atoms with van der Waals surface area (Å²) in [7, 11) is 0. The largest absolute Gasteiger partial charge is 0.490 e. The monoisotopic (exact) mass is 315 g/mol. The van der Waals surface area contributed by atoms with Gasteiger partial charge in [-0.3, -0.25) is 0 Å². The first-order valence-corrected chi connectivity index (χ1v) is 7.97. The van der Waals surface area contributed by atoms with E-state index in [0.717, 1.165) is 38.3 Å². The second kappa shape index (κ2) is 10.7. The lowest BCUT2D eigenvalue weighted by molar-refractivity contribution is 0.144. The molecule has 1 aromatic rings. The summed E-state index contributed by atoms with van der Waals surface area (Å²) in [6.45, 7) is 10.3. The van der Waals surface area contributed by atoms with Crippen molar-refractivity contribution in [3.8, 4) is 11.5 Å². The molecule has 4 nitrogen and oxygen atoms in total. The highest BCUT2D eigenvalue weighted by molar-refractivity contribution is 6.32. The van der Waals surface area contributed by atoms with Crippen molar-refractivity contribution in [3.05, 3.63) is 22.7 Å². The number of hydrogen-bond donors (Lipinski definition) is 1. The number of ether oxygens (including phenoxy) is 3. The topological polar surface area (TPSA) is 39.7 Å². The normalized spacial score (nSPS) is 10.7. The third kappa shape index (κ3) is 6.55. The molecule has 1 rings (SSSR count). The van der Waals surface area contributed by atoms with Gasteiger partial charge in [-0.15, -0.1) is 0 Å². The molecule has 1 aromatic carbocycles. The van der Waals surface area contributed by atoms with Crippen molar-refractivity contribution in [1.82, 2.24) is 5.32 Å². The summed E-state index contributed by atoms with van der Waals surface area (Å²) in [5.41, 5.74) is 1.09. The highest BCUT2D eigenvalue weighted by Crippen LogP contribution is 2.36. The van der Waals surface area contributed by atoms with Crippen molar-refractivity contribution in [1.29, 1.82) is 0 Å². The Labute approximate surface area is 132 Å². The number of halogens is 1. The fourth-order valence-corrected chi connectivity index (χ4v) is 2.23. The van der Waals surface area contributed by atoms with E-state index < -0.39 is 0 Å². The minimum Gasteiger partial charge on any atom is -0.490 e. The van der Waals surface area contributed by atoms with Crippen LogP contribution in [0.5, 0.6) is 11.5 Å². The van der Waals surface area contributed by atoms with E-state index in [9.17, 15) is 0 Å². The fraction of sp³-hybridized carbons (Fsp3) is 0.625. The Morgan fingerprint density at radius 3 is 2.48 bits per heavy atom. The van der Waals surface area contributed by atoms with Crippen LogP contribution in [0.15, 0.2) is 12.1 Å². The number of hydrogen-bond acceptors (Lipinski definition) is 4. The summed E-state index contributed by atoms with van der Waals surface area (Å²) in [5.74, 6) is 1.33. The fourth-order valence-electron chi connectivity index (χ4n) is 1.95. The van der Waals surface area contributed by atoms with E-state index in [1.54, 1.807) is 0 Å². The maximum atomic E-state index is 6.28. The molecule has 0 saturated heterocycles. The van der Waals surface area contributed by atoms with Crippen LogP contribution in [0.4, 0.5) is 0 Å². The van der Waals surface area contributed by atoms with Crippen molar-refractivity contribution < 1.29 is 14.2 Å². The highest BCUT2D eigenvalue weighted by Gasteiger charge is 2.11. The zero-order valence-electron chi connectivity index (χ0n) is 13.2. The Bertz CT molecular complexity index is 413. The maximum Gasteiger partial charge on any atom is 0.179 e. The van der Waals surface area contributed by atoms with Crippen LogP contribution in [-0.2, 0) is 11.3 Å². The summed E-state index contributed by atoms with van der Waals surface area (Å²) in [5, 5.41) is 3.97. The molecule has 0 spiro atoms. The number of rotatable bonds is 11. The van der Waals surface area contributed by atoms with Crippen LogP contribution in [0.3, 0.4) is 0 Å². The molecule has 5 heteroatoms. The Morgan fingerprint density at radius 2 is 1.81 bits per heavy atom. The average Bonchev–Trinajstić information content (AvgIpc) is 2.46. The lowest BCUT2D eigenvalue weighted by Gasteiger charge is -2.14. The number of nitrogens with one attached hydrogen (secondary N) is 1. The van der Waals surface area contributed by atoms with E-state index in [0.29, 0.717) is 29.7 Å². The van der Waals surface area contributed by atoms with Gasteiger partial charge in [0.05, 0.1) is 18.2 Å². The van der Waals surface area contributed by atoms with Gasteiger partial charge >= 0.3 is 0 Å². The molecule has 0 heterocycles. The van der Waals surface area contributed by atoms with Crippen molar-refractivity contribution in [2.75, 3.05) is 33.0 Å². The van der Waals surface area contributed by atoms with Crippen LogP contribution in [0.25, 0.3) is 0 Å². The summed E-state index contributed by atoms with van der Waals surface area (Å²) in [4.78, 5) is 0. The van der Waals surface area contributed by atoms with E-state index in [2.05, 4.69) is 5.32 Å². The minimum atomic E-state index is 0.564. The first-order valence-electron chi connectivity index (χ1n) is 7.59. The predicted octanol–water partition coefficient (Wildman–Crippen LogP) is 3.65. The maximum absolute atomic E-state index is 6.28. The molecular weight excluding hydrogens is 290 g/mol. The molecule has 21 heavy (non-hydrogen) atoms. The van der Waals surface area contributed by atoms with Gasteiger partial charge in [0.15, 0.2) is 11.5 Å². The molecule has 0 fully saturated rings. The first-order chi connectivity index (χ1) is 10.2. The third-order valence-corrected chi connectivity index (χ3v) is 3.11. The van der Waals surface area contributed by atoms with Gasteiger partial charge in [-0.05, 0) is 51.4 Å². The second-order valence-corrected chi connectivity index (χ2v) is 4.91. The SMILES string of the molecule is CCOCCCNCc1cc(Cl)c(OCC)c(OCC)c1. The third-order valence-electron chi connectivity index (χ3n) is 2.83. The van der Waals surface area contributed by atoms with E-state index >= 15 is 0 Å².